The molecule has 0 radical (unpaired) electrons. The smallest absolute Gasteiger partial charge is 0.258 e. The van der Waals surface area contributed by atoms with Crippen molar-refractivity contribution < 1.29 is 4.92 Å². The van der Waals surface area contributed by atoms with Crippen molar-refractivity contribution in [3.05, 3.63) is 107 Å². The summed E-state index contributed by atoms with van der Waals surface area (Å²) in [6.07, 6.45) is 0. The summed E-state index contributed by atoms with van der Waals surface area (Å²) in [5.41, 5.74) is 6.13. The number of nitrogens with zero attached hydrogens (tertiary/aromatic N) is 4. The first-order valence-electron chi connectivity index (χ1n) is 9.66. The van der Waals surface area contributed by atoms with Gasteiger partial charge in [0.05, 0.1) is 10.6 Å². The van der Waals surface area contributed by atoms with Gasteiger partial charge in [0, 0.05) is 11.1 Å². The molecule has 0 saturated heterocycles. The number of hydrazone groups is 1. The van der Waals surface area contributed by atoms with E-state index in [1.54, 1.807) is 24.3 Å². The molecule has 0 aliphatic heterocycles. The molecule has 0 atom stereocenters. The van der Waals surface area contributed by atoms with Gasteiger partial charge < -0.3 is 0 Å². The van der Waals surface area contributed by atoms with E-state index in [0.29, 0.717) is 11.1 Å². The van der Waals surface area contributed by atoms with Crippen LogP contribution in [0, 0.1) is 10.1 Å². The SMILES string of the molecule is C/C(=N\Nc1nc(-c2ccccc2)c([N+](=O)[O-])c(-c2ccccc2)n1)c1ccccc1. The van der Waals surface area contributed by atoms with Crippen molar-refractivity contribution in [3.63, 3.8) is 0 Å². The number of hydrogen-bond acceptors (Lipinski definition) is 6. The maximum absolute atomic E-state index is 12.0. The molecule has 0 bridgehead atoms. The standard InChI is InChI=1S/C24H19N5O2/c1-17(18-11-5-2-6-12-18)27-28-24-25-21(19-13-7-3-8-14-19)23(29(30)31)22(26-24)20-15-9-4-10-16-20/h2-16H,1H3,(H,25,26,28)/b27-17+. The fraction of sp³-hybridized carbons (Fsp3) is 0.0417. The van der Waals surface area contributed by atoms with E-state index in [0.717, 1.165) is 11.3 Å². The molecule has 4 aromatic rings. The molecular weight excluding hydrogens is 390 g/mol. The third kappa shape index (κ3) is 4.45. The zero-order valence-electron chi connectivity index (χ0n) is 16.8. The summed E-state index contributed by atoms with van der Waals surface area (Å²) >= 11 is 0. The molecule has 1 aromatic heterocycles. The van der Waals surface area contributed by atoms with Crippen molar-refractivity contribution in [1.29, 1.82) is 0 Å². The predicted octanol–water partition coefficient (Wildman–Crippen LogP) is 5.55. The molecule has 0 amide bonds. The van der Waals surface area contributed by atoms with Crippen LogP contribution in [0.15, 0.2) is 96.1 Å². The van der Waals surface area contributed by atoms with Gasteiger partial charge in [0.1, 0.15) is 0 Å². The molecule has 4 rings (SSSR count). The summed E-state index contributed by atoms with van der Waals surface area (Å²) < 4.78 is 0. The molecular formula is C24H19N5O2. The van der Waals surface area contributed by atoms with Crippen molar-refractivity contribution in [3.8, 4) is 22.5 Å². The Morgan fingerprint density at radius 1 is 0.806 bits per heavy atom. The Kier molecular flexibility index (Phi) is 5.75. The largest absolute Gasteiger partial charge is 0.321 e. The second kappa shape index (κ2) is 8.96. The van der Waals surface area contributed by atoms with Crippen molar-refractivity contribution in [2.24, 2.45) is 5.10 Å². The first-order chi connectivity index (χ1) is 15.1. The van der Waals surface area contributed by atoms with E-state index in [1.165, 1.54) is 0 Å². The van der Waals surface area contributed by atoms with Gasteiger partial charge in [-0.25, -0.2) is 15.4 Å². The van der Waals surface area contributed by atoms with Crippen molar-refractivity contribution >= 4 is 17.3 Å². The van der Waals surface area contributed by atoms with Gasteiger partial charge in [-0.1, -0.05) is 91.0 Å². The zero-order chi connectivity index (χ0) is 21.6. The van der Waals surface area contributed by atoms with Crippen LogP contribution in [0.2, 0.25) is 0 Å². The van der Waals surface area contributed by atoms with E-state index < -0.39 is 4.92 Å². The van der Waals surface area contributed by atoms with Crippen LogP contribution in [-0.4, -0.2) is 20.6 Å². The van der Waals surface area contributed by atoms with E-state index in [-0.39, 0.29) is 23.0 Å². The summed E-state index contributed by atoms with van der Waals surface area (Å²) in [5.74, 6) is 0.179. The minimum Gasteiger partial charge on any atom is -0.258 e. The number of nitro groups is 1. The summed E-state index contributed by atoms with van der Waals surface area (Å²) in [7, 11) is 0. The van der Waals surface area contributed by atoms with Crippen LogP contribution in [-0.2, 0) is 0 Å². The molecule has 0 spiro atoms. The van der Waals surface area contributed by atoms with Gasteiger partial charge in [-0.3, -0.25) is 10.1 Å². The topological polar surface area (TPSA) is 93.3 Å². The van der Waals surface area contributed by atoms with Gasteiger partial charge in [0.15, 0.2) is 11.4 Å². The Labute approximate surface area is 179 Å². The molecule has 31 heavy (non-hydrogen) atoms. The lowest BCUT2D eigenvalue weighted by atomic mass is 10.1. The molecule has 1 heterocycles. The van der Waals surface area contributed by atoms with Crippen LogP contribution in [0.5, 0.6) is 0 Å². The minimum atomic E-state index is -0.438. The number of nitrogens with one attached hydrogen (secondary N) is 1. The van der Waals surface area contributed by atoms with E-state index in [2.05, 4.69) is 20.5 Å². The average Bonchev–Trinajstić information content (AvgIpc) is 2.83. The lowest BCUT2D eigenvalue weighted by Crippen LogP contribution is -2.07. The first-order valence-corrected chi connectivity index (χ1v) is 9.66. The fourth-order valence-electron chi connectivity index (χ4n) is 3.15. The fourth-order valence-corrected chi connectivity index (χ4v) is 3.15. The van der Waals surface area contributed by atoms with E-state index in [1.807, 2.05) is 73.7 Å². The van der Waals surface area contributed by atoms with Crippen molar-refractivity contribution in [2.75, 3.05) is 5.43 Å². The summed E-state index contributed by atoms with van der Waals surface area (Å²) in [4.78, 5) is 20.5. The Morgan fingerprint density at radius 3 is 1.71 bits per heavy atom. The van der Waals surface area contributed by atoms with Crippen LogP contribution >= 0.6 is 0 Å². The van der Waals surface area contributed by atoms with E-state index >= 15 is 0 Å². The third-order valence-electron chi connectivity index (χ3n) is 4.68. The molecule has 0 aliphatic rings. The lowest BCUT2D eigenvalue weighted by molar-refractivity contribution is -0.383. The number of anilines is 1. The number of hydrogen-bond donors (Lipinski definition) is 1. The van der Waals surface area contributed by atoms with Gasteiger partial charge in [0.25, 0.3) is 0 Å². The minimum absolute atomic E-state index is 0.147. The monoisotopic (exact) mass is 409 g/mol. The van der Waals surface area contributed by atoms with Crippen LogP contribution in [0.3, 0.4) is 0 Å². The quantitative estimate of drug-likeness (QED) is 0.256. The Hall–Kier alpha value is -4.39. The normalized spacial score (nSPS) is 11.2. The van der Waals surface area contributed by atoms with Crippen LogP contribution < -0.4 is 5.43 Å². The lowest BCUT2D eigenvalue weighted by Gasteiger charge is -2.10. The summed E-state index contributed by atoms with van der Waals surface area (Å²) in [5, 5.41) is 16.4. The van der Waals surface area contributed by atoms with Gasteiger partial charge in [-0.2, -0.15) is 5.10 Å². The molecule has 1 N–H and O–H groups in total. The molecule has 3 aromatic carbocycles. The third-order valence-corrected chi connectivity index (χ3v) is 4.68. The van der Waals surface area contributed by atoms with Crippen molar-refractivity contribution in [1.82, 2.24) is 9.97 Å². The van der Waals surface area contributed by atoms with E-state index in [9.17, 15) is 10.1 Å². The van der Waals surface area contributed by atoms with Crippen LogP contribution in [0.25, 0.3) is 22.5 Å². The van der Waals surface area contributed by atoms with E-state index in [4.69, 9.17) is 0 Å². The van der Waals surface area contributed by atoms with Gasteiger partial charge in [-0.05, 0) is 12.5 Å². The Bertz CT molecular complexity index is 1170. The van der Waals surface area contributed by atoms with Crippen LogP contribution in [0.4, 0.5) is 11.6 Å². The predicted molar refractivity (Wildman–Crippen MR) is 122 cm³/mol. The van der Waals surface area contributed by atoms with Gasteiger partial charge in [-0.15, -0.1) is 0 Å². The average molecular weight is 409 g/mol. The molecule has 0 aliphatic carbocycles. The molecule has 7 heteroatoms. The summed E-state index contributed by atoms with van der Waals surface area (Å²) in [6, 6.07) is 27.8. The zero-order valence-corrected chi connectivity index (χ0v) is 16.8. The summed E-state index contributed by atoms with van der Waals surface area (Å²) in [6.45, 7) is 1.87. The van der Waals surface area contributed by atoms with Gasteiger partial charge >= 0.3 is 5.69 Å². The number of rotatable bonds is 6. The molecule has 152 valence electrons. The van der Waals surface area contributed by atoms with Gasteiger partial charge in [0.2, 0.25) is 5.95 Å². The molecule has 0 unspecified atom stereocenters. The molecule has 0 saturated carbocycles. The number of aromatic nitrogens is 2. The Morgan fingerprint density at radius 2 is 1.26 bits per heavy atom. The first kappa shape index (κ1) is 19.9. The van der Waals surface area contributed by atoms with Crippen LogP contribution in [0.1, 0.15) is 12.5 Å². The molecule has 7 nitrogen and oxygen atoms in total. The highest BCUT2D eigenvalue weighted by Gasteiger charge is 2.26. The highest BCUT2D eigenvalue weighted by atomic mass is 16.6. The Balaban J connectivity index is 1.86. The maximum Gasteiger partial charge on any atom is 0.321 e. The second-order valence-corrected chi connectivity index (χ2v) is 6.76. The van der Waals surface area contributed by atoms with Crippen molar-refractivity contribution in [2.45, 2.75) is 6.92 Å². The maximum atomic E-state index is 12.0. The second-order valence-electron chi connectivity index (χ2n) is 6.76. The molecule has 0 fully saturated rings. The number of benzene rings is 3. The highest BCUT2D eigenvalue weighted by molar-refractivity contribution is 5.99. The highest BCUT2D eigenvalue weighted by Crippen LogP contribution is 2.37.